The zero-order valence-electron chi connectivity index (χ0n) is 8.50. The highest BCUT2D eigenvalue weighted by Crippen LogP contribution is 2.27. The number of morpholine rings is 1. The van der Waals surface area contributed by atoms with E-state index >= 15 is 0 Å². The molecule has 0 aliphatic carbocycles. The van der Waals surface area contributed by atoms with Gasteiger partial charge in [0.1, 0.15) is 11.3 Å². The van der Waals surface area contributed by atoms with Crippen LogP contribution < -0.4 is 10.1 Å². The van der Waals surface area contributed by atoms with Crippen LogP contribution in [0.15, 0.2) is 12.1 Å². The summed E-state index contributed by atoms with van der Waals surface area (Å²) in [6.07, 6.45) is -0.00142. The van der Waals surface area contributed by atoms with Crippen LogP contribution in [-0.4, -0.2) is 31.8 Å². The normalized spacial score (nSPS) is 21.3. The third kappa shape index (κ3) is 2.40. The van der Waals surface area contributed by atoms with Crippen molar-refractivity contribution in [3.05, 3.63) is 22.8 Å². The van der Waals surface area contributed by atoms with Gasteiger partial charge in [-0.15, -0.1) is 0 Å². The SMILES string of the molecule is COc1nc(Cl)ccc1C1CNCCO1. The lowest BCUT2D eigenvalue weighted by atomic mass is 10.1. The number of nitrogens with zero attached hydrogens (tertiary/aromatic N) is 1. The summed E-state index contributed by atoms with van der Waals surface area (Å²) in [7, 11) is 1.58. The summed E-state index contributed by atoms with van der Waals surface area (Å²) >= 11 is 5.79. The average Bonchev–Trinajstić information content (AvgIpc) is 2.30. The third-order valence-corrected chi connectivity index (χ3v) is 2.53. The molecule has 5 heteroatoms. The molecule has 1 unspecified atom stereocenters. The molecule has 0 aromatic carbocycles. The molecule has 0 bridgehead atoms. The number of halogens is 1. The minimum absolute atomic E-state index is 0.00142. The maximum Gasteiger partial charge on any atom is 0.220 e. The van der Waals surface area contributed by atoms with Crippen LogP contribution in [0, 0.1) is 0 Å². The highest BCUT2D eigenvalue weighted by atomic mass is 35.5. The number of rotatable bonds is 2. The summed E-state index contributed by atoms with van der Waals surface area (Å²) in [5.41, 5.74) is 0.939. The van der Waals surface area contributed by atoms with E-state index < -0.39 is 0 Å². The van der Waals surface area contributed by atoms with Gasteiger partial charge in [0.05, 0.1) is 13.7 Å². The summed E-state index contributed by atoms with van der Waals surface area (Å²) in [4.78, 5) is 4.10. The second kappa shape index (κ2) is 4.79. The van der Waals surface area contributed by atoms with E-state index in [1.165, 1.54) is 0 Å². The Balaban J connectivity index is 2.25. The number of hydrogen-bond donors (Lipinski definition) is 1. The van der Waals surface area contributed by atoms with Gasteiger partial charge < -0.3 is 14.8 Å². The molecule has 1 aliphatic rings. The molecule has 4 nitrogen and oxygen atoms in total. The van der Waals surface area contributed by atoms with Crippen molar-refractivity contribution in [2.75, 3.05) is 26.8 Å². The molecular formula is C10H13ClN2O2. The van der Waals surface area contributed by atoms with Gasteiger partial charge >= 0.3 is 0 Å². The number of ether oxygens (including phenoxy) is 2. The number of aromatic nitrogens is 1. The van der Waals surface area contributed by atoms with Gasteiger partial charge in [-0.1, -0.05) is 11.6 Å². The molecule has 1 N–H and O–H groups in total. The predicted molar refractivity (Wildman–Crippen MR) is 57.4 cm³/mol. The Hall–Kier alpha value is -0.840. The van der Waals surface area contributed by atoms with E-state index in [-0.39, 0.29) is 6.10 Å². The fourth-order valence-electron chi connectivity index (χ4n) is 1.60. The first-order valence-electron chi connectivity index (χ1n) is 4.84. The van der Waals surface area contributed by atoms with Crippen LogP contribution in [0.1, 0.15) is 11.7 Å². The largest absolute Gasteiger partial charge is 0.481 e. The topological polar surface area (TPSA) is 43.4 Å². The Bertz CT molecular complexity index is 340. The van der Waals surface area contributed by atoms with E-state index in [0.29, 0.717) is 17.6 Å². The number of nitrogens with one attached hydrogen (secondary N) is 1. The quantitative estimate of drug-likeness (QED) is 0.778. The van der Waals surface area contributed by atoms with Crippen LogP contribution in [0.5, 0.6) is 5.88 Å². The minimum Gasteiger partial charge on any atom is -0.481 e. The summed E-state index contributed by atoms with van der Waals surface area (Å²) in [5.74, 6) is 0.538. The summed E-state index contributed by atoms with van der Waals surface area (Å²) < 4.78 is 10.8. The van der Waals surface area contributed by atoms with Crippen LogP contribution in [0.2, 0.25) is 5.15 Å². The molecule has 0 amide bonds. The zero-order chi connectivity index (χ0) is 10.7. The van der Waals surface area contributed by atoms with Crippen LogP contribution in [-0.2, 0) is 4.74 Å². The van der Waals surface area contributed by atoms with Crippen molar-refractivity contribution in [1.82, 2.24) is 10.3 Å². The Morgan fingerprint density at radius 3 is 3.13 bits per heavy atom. The number of methoxy groups -OCH3 is 1. The molecule has 82 valence electrons. The summed E-state index contributed by atoms with van der Waals surface area (Å²) in [6.45, 7) is 2.37. The van der Waals surface area contributed by atoms with Crippen molar-refractivity contribution in [1.29, 1.82) is 0 Å². The summed E-state index contributed by atoms with van der Waals surface area (Å²) in [5, 5.41) is 3.69. The van der Waals surface area contributed by atoms with Crippen molar-refractivity contribution < 1.29 is 9.47 Å². The van der Waals surface area contributed by atoms with Crippen LogP contribution in [0.4, 0.5) is 0 Å². The first kappa shape index (κ1) is 10.7. The van der Waals surface area contributed by atoms with E-state index in [0.717, 1.165) is 18.7 Å². The molecule has 1 saturated heterocycles. The van der Waals surface area contributed by atoms with Crippen molar-refractivity contribution in [2.45, 2.75) is 6.10 Å². The molecular weight excluding hydrogens is 216 g/mol. The maximum atomic E-state index is 5.79. The third-order valence-electron chi connectivity index (χ3n) is 2.32. The van der Waals surface area contributed by atoms with E-state index in [1.54, 1.807) is 13.2 Å². The predicted octanol–water partition coefficient (Wildman–Crippen LogP) is 1.40. The fraction of sp³-hybridized carbons (Fsp3) is 0.500. The van der Waals surface area contributed by atoms with Crippen LogP contribution in [0.3, 0.4) is 0 Å². The Kier molecular flexibility index (Phi) is 3.41. The molecule has 0 radical (unpaired) electrons. The lowest BCUT2D eigenvalue weighted by Gasteiger charge is -2.24. The van der Waals surface area contributed by atoms with Gasteiger partial charge in [-0.25, -0.2) is 4.98 Å². The van der Waals surface area contributed by atoms with Crippen molar-refractivity contribution in [2.24, 2.45) is 0 Å². The van der Waals surface area contributed by atoms with E-state index in [1.807, 2.05) is 6.07 Å². The Labute approximate surface area is 93.6 Å². The maximum absolute atomic E-state index is 5.79. The second-order valence-corrected chi connectivity index (χ2v) is 3.68. The van der Waals surface area contributed by atoms with E-state index in [2.05, 4.69) is 10.3 Å². The molecule has 1 aromatic rings. The fourth-order valence-corrected chi connectivity index (χ4v) is 1.74. The van der Waals surface area contributed by atoms with Gasteiger partial charge in [-0.3, -0.25) is 0 Å². The molecule has 1 aliphatic heterocycles. The van der Waals surface area contributed by atoms with Crippen molar-refractivity contribution >= 4 is 11.6 Å². The Morgan fingerprint density at radius 2 is 2.47 bits per heavy atom. The minimum atomic E-state index is -0.00142. The highest BCUT2D eigenvalue weighted by Gasteiger charge is 2.20. The average molecular weight is 229 g/mol. The molecule has 2 heterocycles. The molecule has 1 atom stereocenters. The summed E-state index contributed by atoms with van der Waals surface area (Å²) in [6, 6.07) is 3.64. The van der Waals surface area contributed by atoms with Crippen LogP contribution >= 0.6 is 11.6 Å². The van der Waals surface area contributed by atoms with Gasteiger partial charge in [-0.05, 0) is 12.1 Å². The smallest absolute Gasteiger partial charge is 0.220 e. The van der Waals surface area contributed by atoms with Gasteiger partial charge in [-0.2, -0.15) is 0 Å². The van der Waals surface area contributed by atoms with Gasteiger partial charge in [0.2, 0.25) is 5.88 Å². The standard InChI is InChI=1S/C10H13ClN2O2/c1-14-10-7(2-3-9(11)13-10)8-6-12-4-5-15-8/h2-3,8,12H,4-6H2,1H3. The highest BCUT2D eigenvalue weighted by molar-refractivity contribution is 6.29. The Morgan fingerprint density at radius 1 is 1.60 bits per heavy atom. The molecule has 1 fully saturated rings. The number of pyridine rings is 1. The van der Waals surface area contributed by atoms with E-state index in [9.17, 15) is 0 Å². The first-order chi connectivity index (χ1) is 7.31. The molecule has 0 spiro atoms. The first-order valence-corrected chi connectivity index (χ1v) is 5.22. The molecule has 1 aromatic heterocycles. The molecule has 15 heavy (non-hydrogen) atoms. The lowest BCUT2D eigenvalue weighted by Crippen LogP contribution is -2.33. The van der Waals surface area contributed by atoms with Gasteiger partial charge in [0, 0.05) is 18.7 Å². The molecule has 0 saturated carbocycles. The number of hydrogen-bond acceptors (Lipinski definition) is 4. The van der Waals surface area contributed by atoms with Gasteiger partial charge in [0.15, 0.2) is 0 Å². The van der Waals surface area contributed by atoms with Crippen molar-refractivity contribution in [3.8, 4) is 5.88 Å². The zero-order valence-corrected chi connectivity index (χ0v) is 9.25. The van der Waals surface area contributed by atoms with Crippen LogP contribution in [0.25, 0.3) is 0 Å². The lowest BCUT2D eigenvalue weighted by molar-refractivity contribution is 0.0259. The second-order valence-electron chi connectivity index (χ2n) is 3.30. The van der Waals surface area contributed by atoms with E-state index in [4.69, 9.17) is 21.1 Å². The molecule has 2 rings (SSSR count). The monoisotopic (exact) mass is 228 g/mol. The van der Waals surface area contributed by atoms with Crippen molar-refractivity contribution in [3.63, 3.8) is 0 Å². The van der Waals surface area contributed by atoms with Gasteiger partial charge in [0.25, 0.3) is 0 Å².